The van der Waals surface area contributed by atoms with Gasteiger partial charge in [0.1, 0.15) is 5.75 Å². The first-order chi connectivity index (χ1) is 11.0. The number of amides is 1. The highest BCUT2D eigenvalue weighted by molar-refractivity contribution is 9.10. The Morgan fingerprint density at radius 2 is 1.87 bits per heavy atom. The number of hydrogen-bond acceptors (Lipinski definition) is 4. The van der Waals surface area contributed by atoms with Gasteiger partial charge in [0.25, 0.3) is 5.91 Å². The van der Waals surface area contributed by atoms with Gasteiger partial charge in [-0.1, -0.05) is 34.1 Å². The molecule has 0 aliphatic rings. The molecule has 0 spiro atoms. The third kappa shape index (κ3) is 4.56. The van der Waals surface area contributed by atoms with E-state index in [-0.39, 0.29) is 0 Å². The lowest BCUT2D eigenvalue weighted by atomic mass is 10.2. The summed E-state index contributed by atoms with van der Waals surface area (Å²) in [4.78, 5) is 24.2. The van der Waals surface area contributed by atoms with E-state index in [9.17, 15) is 9.59 Å². The van der Waals surface area contributed by atoms with Crippen LogP contribution in [-0.2, 0) is 9.53 Å². The fraction of sp³-hybridized carbons (Fsp3) is 0.176. The molecule has 0 aliphatic carbocycles. The molecule has 2 aromatic rings. The van der Waals surface area contributed by atoms with Gasteiger partial charge in [0.15, 0.2) is 6.10 Å². The van der Waals surface area contributed by atoms with Crippen LogP contribution in [0.5, 0.6) is 5.75 Å². The molecule has 0 unspecified atom stereocenters. The van der Waals surface area contributed by atoms with Gasteiger partial charge in [-0.2, -0.15) is 0 Å². The van der Waals surface area contributed by atoms with Crippen molar-refractivity contribution in [2.45, 2.75) is 13.0 Å². The molecule has 120 valence electrons. The zero-order chi connectivity index (χ0) is 16.8. The summed E-state index contributed by atoms with van der Waals surface area (Å²) in [5.41, 5.74) is 0.890. The van der Waals surface area contributed by atoms with Gasteiger partial charge in [0.2, 0.25) is 0 Å². The Morgan fingerprint density at radius 1 is 1.13 bits per heavy atom. The van der Waals surface area contributed by atoms with Gasteiger partial charge in [-0.25, -0.2) is 4.79 Å². The van der Waals surface area contributed by atoms with Crippen molar-refractivity contribution in [1.82, 2.24) is 0 Å². The average molecular weight is 378 g/mol. The van der Waals surface area contributed by atoms with Crippen LogP contribution in [0.1, 0.15) is 17.3 Å². The van der Waals surface area contributed by atoms with Gasteiger partial charge in [0, 0.05) is 4.47 Å². The van der Waals surface area contributed by atoms with Crippen molar-refractivity contribution in [1.29, 1.82) is 0 Å². The van der Waals surface area contributed by atoms with Gasteiger partial charge in [-0.15, -0.1) is 0 Å². The lowest BCUT2D eigenvalue weighted by molar-refractivity contribution is -0.123. The summed E-state index contributed by atoms with van der Waals surface area (Å²) in [5, 5.41) is 2.68. The first-order valence-electron chi connectivity index (χ1n) is 6.91. The van der Waals surface area contributed by atoms with E-state index in [1.165, 1.54) is 14.0 Å². The van der Waals surface area contributed by atoms with Crippen LogP contribution in [-0.4, -0.2) is 25.1 Å². The SMILES string of the molecule is COc1ccccc1NC(=O)[C@@H](C)OC(=O)c1cccc(Br)c1. The quantitative estimate of drug-likeness (QED) is 0.807. The summed E-state index contributed by atoms with van der Waals surface area (Å²) in [5.74, 6) is -0.460. The number of para-hydroxylation sites is 2. The summed E-state index contributed by atoms with van der Waals surface area (Å²) in [6.45, 7) is 1.51. The summed E-state index contributed by atoms with van der Waals surface area (Å²) in [6, 6.07) is 13.8. The van der Waals surface area contributed by atoms with Crippen LogP contribution in [0.25, 0.3) is 0 Å². The molecular formula is C17H16BrNO4. The number of hydrogen-bond donors (Lipinski definition) is 1. The molecule has 1 amide bonds. The first kappa shape index (κ1) is 17.0. The fourth-order valence-corrected chi connectivity index (χ4v) is 2.28. The molecule has 0 fully saturated rings. The number of carbonyl (C=O) groups excluding carboxylic acids is 2. The van der Waals surface area contributed by atoms with Crippen LogP contribution in [0.15, 0.2) is 53.0 Å². The topological polar surface area (TPSA) is 64.6 Å². The van der Waals surface area contributed by atoms with Crippen LogP contribution >= 0.6 is 15.9 Å². The molecule has 23 heavy (non-hydrogen) atoms. The summed E-state index contributed by atoms with van der Waals surface area (Å²) in [7, 11) is 1.52. The highest BCUT2D eigenvalue weighted by atomic mass is 79.9. The molecule has 1 N–H and O–H groups in total. The Morgan fingerprint density at radius 3 is 2.57 bits per heavy atom. The second-order valence-electron chi connectivity index (χ2n) is 4.75. The van der Waals surface area contributed by atoms with Gasteiger partial charge >= 0.3 is 5.97 Å². The third-order valence-corrected chi connectivity index (χ3v) is 3.57. The molecule has 0 saturated heterocycles. The molecule has 0 bridgehead atoms. The van der Waals surface area contributed by atoms with E-state index in [2.05, 4.69) is 21.2 Å². The molecule has 0 aliphatic heterocycles. The molecule has 5 nitrogen and oxygen atoms in total. The molecule has 0 saturated carbocycles. The fourth-order valence-electron chi connectivity index (χ4n) is 1.88. The van der Waals surface area contributed by atoms with E-state index in [4.69, 9.17) is 9.47 Å². The molecule has 2 rings (SSSR count). The average Bonchev–Trinajstić information content (AvgIpc) is 2.55. The number of benzene rings is 2. The number of halogens is 1. The summed E-state index contributed by atoms with van der Waals surface area (Å²) >= 11 is 3.28. The van der Waals surface area contributed by atoms with E-state index < -0.39 is 18.0 Å². The van der Waals surface area contributed by atoms with Gasteiger partial charge in [0.05, 0.1) is 18.4 Å². The van der Waals surface area contributed by atoms with Crippen molar-refractivity contribution in [3.8, 4) is 5.75 Å². The van der Waals surface area contributed by atoms with E-state index in [0.29, 0.717) is 17.0 Å². The predicted molar refractivity (Wildman–Crippen MR) is 90.6 cm³/mol. The van der Waals surface area contributed by atoms with Crippen molar-refractivity contribution < 1.29 is 19.1 Å². The maximum atomic E-state index is 12.2. The molecule has 0 heterocycles. The Kier molecular flexibility index (Phi) is 5.76. The molecule has 0 radical (unpaired) electrons. The highest BCUT2D eigenvalue weighted by Gasteiger charge is 2.20. The Bertz CT molecular complexity index is 717. The Hall–Kier alpha value is -2.34. The monoisotopic (exact) mass is 377 g/mol. The molecule has 0 aromatic heterocycles. The van der Waals surface area contributed by atoms with E-state index in [0.717, 1.165) is 4.47 Å². The van der Waals surface area contributed by atoms with Crippen LogP contribution in [0.3, 0.4) is 0 Å². The van der Waals surface area contributed by atoms with Crippen molar-refractivity contribution in [2.24, 2.45) is 0 Å². The number of ether oxygens (including phenoxy) is 2. The lowest BCUT2D eigenvalue weighted by Crippen LogP contribution is -2.30. The zero-order valence-corrected chi connectivity index (χ0v) is 14.3. The third-order valence-electron chi connectivity index (χ3n) is 3.08. The van der Waals surface area contributed by atoms with E-state index >= 15 is 0 Å². The Labute approximate surface area is 142 Å². The van der Waals surface area contributed by atoms with Crippen LogP contribution < -0.4 is 10.1 Å². The van der Waals surface area contributed by atoms with Crippen LogP contribution in [0.4, 0.5) is 5.69 Å². The normalized spacial score (nSPS) is 11.4. The summed E-state index contributed by atoms with van der Waals surface area (Å²) < 4.78 is 11.1. The van der Waals surface area contributed by atoms with Gasteiger partial charge in [-0.3, -0.25) is 4.79 Å². The van der Waals surface area contributed by atoms with Crippen molar-refractivity contribution in [3.63, 3.8) is 0 Å². The van der Waals surface area contributed by atoms with Crippen molar-refractivity contribution >= 4 is 33.5 Å². The first-order valence-corrected chi connectivity index (χ1v) is 7.71. The number of rotatable bonds is 5. The van der Waals surface area contributed by atoms with Gasteiger partial charge in [-0.05, 0) is 37.3 Å². The highest BCUT2D eigenvalue weighted by Crippen LogP contribution is 2.23. The van der Waals surface area contributed by atoms with Crippen LogP contribution in [0.2, 0.25) is 0 Å². The summed E-state index contributed by atoms with van der Waals surface area (Å²) in [6.07, 6.45) is -0.939. The lowest BCUT2D eigenvalue weighted by Gasteiger charge is -2.15. The minimum Gasteiger partial charge on any atom is -0.495 e. The largest absolute Gasteiger partial charge is 0.495 e. The number of esters is 1. The van der Waals surface area contributed by atoms with E-state index in [1.54, 1.807) is 48.5 Å². The second kappa shape index (κ2) is 7.78. The molecule has 1 atom stereocenters. The second-order valence-corrected chi connectivity index (χ2v) is 5.66. The predicted octanol–water partition coefficient (Wildman–Crippen LogP) is 3.64. The smallest absolute Gasteiger partial charge is 0.338 e. The maximum Gasteiger partial charge on any atom is 0.338 e. The Balaban J connectivity index is 2.01. The molecular weight excluding hydrogens is 362 g/mol. The molecule has 6 heteroatoms. The van der Waals surface area contributed by atoms with Crippen molar-refractivity contribution in [3.05, 3.63) is 58.6 Å². The maximum absolute atomic E-state index is 12.2. The van der Waals surface area contributed by atoms with E-state index in [1.807, 2.05) is 0 Å². The standard InChI is InChI=1S/C17H16BrNO4/c1-11(23-17(21)12-6-5-7-13(18)10-12)16(20)19-14-8-3-4-9-15(14)22-2/h3-11H,1-2H3,(H,19,20)/t11-/m1/s1. The number of carbonyl (C=O) groups is 2. The zero-order valence-electron chi connectivity index (χ0n) is 12.7. The van der Waals surface area contributed by atoms with Crippen LogP contribution in [0, 0.1) is 0 Å². The van der Waals surface area contributed by atoms with Crippen molar-refractivity contribution in [2.75, 3.05) is 12.4 Å². The number of methoxy groups -OCH3 is 1. The number of nitrogens with one attached hydrogen (secondary N) is 1. The molecule has 2 aromatic carbocycles. The van der Waals surface area contributed by atoms with Gasteiger partial charge < -0.3 is 14.8 Å². The number of anilines is 1. The minimum atomic E-state index is -0.939. The minimum absolute atomic E-state index is 0.372.